The number of fused-ring (bicyclic) bond motifs is 5. The van der Waals surface area contributed by atoms with Crippen LogP contribution in [0.4, 0.5) is 16.6 Å². The van der Waals surface area contributed by atoms with Gasteiger partial charge in [0, 0.05) is 11.4 Å². The minimum absolute atomic E-state index is 0.0683. The molecule has 1 aliphatic heterocycles. The van der Waals surface area contributed by atoms with Gasteiger partial charge in [-0.2, -0.15) is 0 Å². The van der Waals surface area contributed by atoms with Gasteiger partial charge in [0.25, 0.3) is 0 Å². The average molecular weight is 324 g/mol. The number of imidazole rings is 1. The Morgan fingerprint density at radius 3 is 2.83 bits per heavy atom. The number of nitrogens with zero attached hydrogens (tertiary/aromatic N) is 4. The van der Waals surface area contributed by atoms with Crippen LogP contribution in [0.1, 0.15) is 26.8 Å². The Morgan fingerprint density at radius 2 is 2.08 bits per heavy atom. The highest BCUT2D eigenvalue weighted by Gasteiger charge is 2.34. The van der Waals surface area contributed by atoms with Crippen molar-refractivity contribution in [3.8, 4) is 0 Å². The number of rotatable bonds is 1. The summed E-state index contributed by atoms with van der Waals surface area (Å²) in [6, 6.07) is 7.92. The summed E-state index contributed by atoms with van der Waals surface area (Å²) in [7, 11) is 0. The maximum Gasteiger partial charge on any atom is 0.324 e. The fourth-order valence-electron chi connectivity index (χ4n) is 3.34. The van der Waals surface area contributed by atoms with Crippen LogP contribution in [0, 0.1) is 0 Å². The Bertz CT molecular complexity index is 961. The number of hydrogen-bond donors (Lipinski definition) is 2. The normalized spacial score (nSPS) is 17.0. The molecule has 1 aliphatic rings. The predicted octanol–water partition coefficient (Wildman–Crippen LogP) is 2.67. The Hall–Kier alpha value is -2.83. The zero-order chi connectivity index (χ0) is 17.0. The summed E-state index contributed by atoms with van der Waals surface area (Å²) >= 11 is 0. The number of nitrogens with two attached hydrogens (primary N) is 1. The zero-order valence-corrected chi connectivity index (χ0v) is 13.9. The molecule has 3 N–H and O–H groups in total. The van der Waals surface area contributed by atoms with Crippen LogP contribution in [0.25, 0.3) is 21.9 Å². The van der Waals surface area contributed by atoms with E-state index in [0.717, 1.165) is 16.4 Å². The maximum absolute atomic E-state index is 12.5. The monoisotopic (exact) mass is 324 g/mol. The van der Waals surface area contributed by atoms with Gasteiger partial charge in [-0.1, -0.05) is 18.2 Å². The molecule has 3 heterocycles. The van der Waals surface area contributed by atoms with Crippen molar-refractivity contribution in [2.24, 2.45) is 0 Å². The van der Waals surface area contributed by atoms with Gasteiger partial charge in [-0.3, -0.25) is 4.90 Å². The van der Waals surface area contributed by atoms with Crippen LogP contribution < -0.4 is 16.0 Å². The molecule has 3 aromatic rings. The van der Waals surface area contributed by atoms with E-state index in [-0.39, 0.29) is 18.1 Å². The SMILES string of the molecule is CC(C)NC(=O)N1CC(C)n2c1nc1c(N)nc3ccccc3c12. The third-order valence-electron chi connectivity index (χ3n) is 4.32. The molecule has 2 amide bonds. The first-order valence-electron chi connectivity index (χ1n) is 8.11. The number of hydrogen-bond acceptors (Lipinski definition) is 4. The summed E-state index contributed by atoms with van der Waals surface area (Å²) in [5.41, 5.74) is 8.56. The van der Waals surface area contributed by atoms with Gasteiger partial charge in [0.05, 0.1) is 23.6 Å². The molecule has 24 heavy (non-hydrogen) atoms. The highest BCUT2D eigenvalue weighted by molar-refractivity contribution is 6.08. The third kappa shape index (κ3) is 2.01. The molecule has 0 radical (unpaired) electrons. The second-order valence-corrected chi connectivity index (χ2v) is 6.56. The summed E-state index contributed by atoms with van der Waals surface area (Å²) in [6.45, 7) is 6.55. The lowest BCUT2D eigenvalue weighted by atomic mass is 10.1. The van der Waals surface area contributed by atoms with E-state index in [1.807, 2.05) is 38.1 Å². The van der Waals surface area contributed by atoms with Gasteiger partial charge in [-0.25, -0.2) is 14.8 Å². The number of pyridine rings is 1. The number of urea groups is 1. The number of amides is 2. The molecule has 7 heteroatoms. The highest BCUT2D eigenvalue weighted by Crippen LogP contribution is 2.38. The molecule has 0 aliphatic carbocycles. The van der Waals surface area contributed by atoms with E-state index >= 15 is 0 Å². The van der Waals surface area contributed by atoms with Crippen molar-refractivity contribution in [3.05, 3.63) is 24.3 Å². The number of anilines is 2. The summed E-state index contributed by atoms with van der Waals surface area (Å²) < 4.78 is 2.09. The van der Waals surface area contributed by atoms with E-state index in [0.29, 0.717) is 23.8 Å². The molecule has 0 saturated heterocycles. The second kappa shape index (κ2) is 5.09. The van der Waals surface area contributed by atoms with Crippen LogP contribution >= 0.6 is 0 Å². The molecule has 1 unspecified atom stereocenters. The zero-order valence-electron chi connectivity index (χ0n) is 13.9. The standard InChI is InChI=1S/C17H20N6O/c1-9(2)19-17(24)22-8-10(3)23-14-11-6-4-5-7-12(11)20-15(18)13(14)21-16(22)23/h4-7,9-10H,8H2,1-3H3,(H2,18,20)(H,19,24). The first kappa shape index (κ1) is 14.7. The van der Waals surface area contributed by atoms with Gasteiger partial charge < -0.3 is 15.6 Å². The number of para-hydroxylation sites is 1. The first-order valence-corrected chi connectivity index (χ1v) is 8.11. The van der Waals surface area contributed by atoms with E-state index in [1.54, 1.807) is 4.90 Å². The molecule has 0 fully saturated rings. The quantitative estimate of drug-likeness (QED) is 0.720. The van der Waals surface area contributed by atoms with Gasteiger partial charge in [0.2, 0.25) is 5.95 Å². The van der Waals surface area contributed by atoms with Crippen LogP contribution in [-0.4, -0.2) is 33.2 Å². The molecule has 4 rings (SSSR count). The minimum atomic E-state index is -0.137. The van der Waals surface area contributed by atoms with Gasteiger partial charge in [-0.15, -0.1) is 0 Å². The molecular formula is C17H20N6O. The van der Waals surface area contributed by atoms with Gasteiger partial charge in [0.15, 0.2) is 5.82 Å². The van der Waals surface area contributed by atoms with Crippen molar-refractivity contribution in [2.45, 2.75) is 32.9 Å². The van der Waals surface area contributed by atoms with Crippen molar-refractivity contribution < 1.29 is 4.79 Å². The van der Waals surface area contributed by atoms with Crippen LogP contribution in [0.3, 0.4) is 0 Å². The number of nitrogens with one attached hydrogen (secondary N) is 1. The van der Waals surface area contributed by atoms with Crippen molar-refractivity contribution in [3.63, 3.8) is 0 Å². The molecule has 2 aromatic heterocycles. The molecular weight excluding hydrogens is 304 g/mol. The summed E-state index contributed by atoms with van der Waals surface area (Å²) in [6.07, 6.45) is 0. The van der Waals surface area contributed by atoms with Crippen LogP contribution in [0.5, 0.6) is 0 Å². The Morgan fingerprint density at radius 1 is 1.33 bits per heavy atom. The minimum Gasteiger partial charge on any atom is -0.382 e. The molecule has 1 atom stereocenters. The number of nitrogen functional groups attached to an aromatic ring is 1. The van der Waals surface area contributed by atoms with E-state index < -0.39 is 0 Å². The molecule has 0 saturated carbocycles. The summed E-state index contributed by atoms with van der Waals surface area (Å²) in [5, 5.41) is 3.93. The summed E-state index contributed by atoms with van der Waals surface area (Å²) in [4.78, 5) is 23.3. The maximum atomic E-state index is 12.5. The van der Waals surface area contributed by atoms with Crippen molar-refractivity contribution in [2.75, 3.05) is 17.2 Å². The lowest BCUT2D eigenvalue weighted by molar-refractivity contribution is 0.244. The molecule has 1 aromatic carbocycles. The number of benzene rings is 1. The van der Waals surface area contributed by atoms with Crippen LogP contribution in [-0.2, 0) is 0 Å². The number of carbonyl (C=O) groups excluding carboxylic acids is 1. The molecule has 0 bridgehead atoms. The molecule has 0 spiro atoms. The topological polar surface area (TPSA) is 89.1 Å². The number of carbonyl (C=O) groups is 1. The average Bonchev–Trinajstić information content (AvgIpc) is 3.06. The summed E-state index contributed by atoms with van der Waals surface area (Å²) in [5.74, 6) is 1.02. The Kier molecular flexibility index (Phi) is 3.13. The second-order valence-electron chi connectivity index (χ2n) is 6.56. The van der Waals surface area contributed by atoms with E-state index in [9.17, 15) is 4.79 Å². The van der Waals surface area contributed by atoms with Crippen molar-refractivity contribution in [1.82, 2.24) is 19.9 Å². The molecule has 7 nitrogen and oxygen atoms in total. The van der Waals surface area contributed by atoms with Crippen molar-refractivity contribution >= 4 is 39.7 Å². The van der Waals surface area contributed by atoms with Crippen LogP contribution in [0.2, 0.25) is 0 Å². The Balaban J connectivity index is 1.97. The largest absolute Gasteiger partial charge is 0.382 e. The van der Waals surface area contributed by atoms with Gasteiger partial charge in [-0.05, 0) is 26.8 Å². The van der Waals surface area contributed by atoms with E-state index in [4.69, 9.17) is 5.73 Å². The highest BCUT2D eigenvalue weighted by atomic mass is 16.2. The van der Waals surface area contributed by atoms with Gasteiger partial charge in [0.1, 0.15) is 5.52 Å². The fourth-order valence-corrected chi connectivity index (χ4v) is 3.34. The first-order chi connectivity index (χ1) is 11.5. The predicted molar refractivity (Wildman–Crippen MR) is 95.2 cm³/mol. The number of aromatic nitrogens is 3. The van der Waals surface area contributed by atoms with E-state index in [1.165, 1.54) is 0 Å². The van der Waals surface area contributed by atoms with Crippen molar-refractivity contribution in [1.29, 1.82) is 0 Å². The smallest absolute Gasteiger partial charge is 0.324 e. The third-order valence-corrected chi connectivity index (χ3v) is 4.32. The lowest BCUT2D eigenvalue weighted by Crippen LogP contribution is -2.42. The lowest BCUT2D eigenvalue weighted by Gasteiger charge is -2.17. The fraction of sp³-hybridized carbons (Fsp3) is 0.353. The van der Waals surface area contributed by atoms with Crippen LogP contribution in [0.15, 0.2) is 24.3 Å². The van der Waals surface area contributed by atoms with Gasteiger partial charge >= 0.3 is 6.03 Å². The Labute approximate surface area is 139 Å². The molecule has 124 valence electrons. The van der Waals surface area contributed by atoms with E-state index in [2.05, 4.69) is 26.8 Å².